The summed E-state index contributed by atoms with van der Waals surface area (Å²) in [4.78, 5) is 31.4. The third-order valence-electron chi connectivity index (χ3n) is 4.59. The number of para-hydroxylation sites is 1. The highest BCUT2D eigenvalue weighted by molar-refractivity contribution is 5.77. The summed E-state index contributed by atoms with van der Waals surface area (Å²) in [5.74, 6) is 0.706. The van der Waals surface area contributed by atoms with Crippen LogP contribution in [0.1, 0.15) is 38.4 Å². The summed E-state index contributed by atoms with van der Waals surface area (Å²) in [6.07, 6.45) is 3.82. The molecule has 6 heteroatoms. The molecule has 3 N–H and O–H groups in total. The number of nitrogens with one attached hydrogen (secondary N) is 3. The number of fused-ring (bicyclic) bond motifs is 1. The van der Waals surface area contributed by atoms with Gasteiger partial charge < -0.3 is 15.6 Å². The van der Waals surface area contributed by atoms with Gasteiger partial charge in [-0.15, -0.1) is 0 Å². The van der Waals surface area contributed by atoms with Crippen molar-refractivity contribution in [2.45, 2.75) is 51.1 Å². The lowest BCUT2D eigenvalue weighted by atomic mass is 9.99. The monoisotopic (exact) mass is 328 g/mol. The maximum Gasteiger partial charge on any atom is 0.258 e. The standard InChI is InChI=1S/C18H24N4O2/c1-12-14(8-5-11-19-12)21-17(23)10-4-9-16-20-15-7-3-2-6-13(15)18(24)22-16/h2-3,6-7,12,14,19H,4-5,8-11H2,1H3,(H,21,23)(H,20,22,24). The van der Waals surface area contributed by atoms with Gasteiger partial charge in [-0.25, -0.2) is 4.98 Å². The number of nitrogens with zero attached hydrogens (tertiary/aromatic N) is 1. The number of H-pyrrole nitrogens is 1. The summed E-state index contributed by atoms with van der Waals surface area (Å²) in [5.41, 5.74) is 0.574. The maximum atomic E-state index is 12.1. The van der Waals surface area contributed by atoms with E-state index in [0.29, 0.717) is 42.0 Å². The molecule has 2 unspecified atom stereocenters. The molecule has 2 atom stereocenters. The van der Waals surface area contributed by atoms with Crippen LogP contribution < -0.4 is 16.2 Å². The van der Waals surface area contributed by atoms with E-state index in [0.717, 1.165) is 19.4 Å². The summed E-state index contributed by atoms with van der Waals surface area (Å²) in [5, 5.41) is 7.08. The van der Waals surface area contributed by atoms with Crippen molar-refractivity contribution in [3.05, 3.63) is 40.4 Å². The molecule has 1 fully saturated rings. The first-order chi connectivity index (χ1) is 11.6. The molecule has 2 heterocycles. The predicted octanol–water partition coefficient (Wildman–Crippen LogP) is 1.50. The molecule has 0 saturated carbocycles. The number of piperidine rings is 1. The molecule has 0 aliphatic carbocycles. The van der Waals surface area contributed by atoms with Gasteiger partial charge in [0.05, 0.1) is 10.9 Å². The number of hydrogen-bond acceptors (Lipinski definition) is 4. The molecule has 3 rings (SSSR count). The van der Waals surface area contributed by atoms with E-state index >= 15 is 0 Å². The molecule has 24 heavy (non-hydrogen) atoms. The van der Waals surface area contributed by atoms with Crippen molar-refractivity contribution in [3.63, 3.8) is 0 Å². The summed E-state index contributed by atoms with van der Waals surface area (Å²) >= 11 is 0. The number of hydrogen-bond donors (Lipinski definition) is 3. The average Bonchev–Trinajstić information content (AvgIpc) is 2.57. The number of rotatable bonds is 5. The van der Waals surface area contributed by atoms with Crippen LogP contribution in [-0.2, 0) is 11.2 Å². The van der Waals surface area contributed by atoms with Crippen molar-refractivity contribution in [1.29, 1.82) is 0 Å². The molecule has 0 radical (unpaired) electrons. The van der Waals surface area contributed by atoms with Gasteiger partial charge in [-0.2, -0.15) is 0 Å². The van der Waals surface area contributed by atoms with E-state index < -0.39 is 0 Å². The van der Waals surface area contributed by atoms with Crippen LogP contribution in [0.4, 0.5) is 0 Å². The molecule has 128 valence electrons. The summed E-state index contributed by atoms with van der Waals surface area (Å²) < 4.78 is 0. The Morgan fingerprint density at radius 1 is 1.38 bits per heavy atom. The predicted molar refractivity (Wildman–Crippen MR) is 93.9 cm³/mol. The van der Waals surface area contributed by atoms with E-state index in [2.05, 4.69) is 27.5 Å². The van der Waals surface area contributed by atoms with E-state index in [1.54, 1.807) is 6.07 Å². The smallest absolute Gasteiger partial charge is 0.258 e. The van der Waals surface area contributed by atoms with Crippen LogP contribution in [0, 0.1) is 0 Å². The SMILES string of the molecule is CC1NCCCC1NC(=O)CCCc1nc2ccccc2c(=O)[nH]1. The zero-order valence-corrected chi connectivity index (χ0v) is 14.0. The molecule has 1 aliphatic rings. The fourth-order valence-corrected chi connectivity index (χ4v) is 3.19. The van der Waals surface area contributed by atoms with Crippen molar-refractivity contribution >= 4 is 16.8 Å². The van der Waals surface area contributed by atoms with E-state index in [1.165, 1.54) is 0 Å². The van der Waals surface area contributed by atoms with Gasteiger partial charge in [0.25, 0.3) is 5.56 Å². The van der Waals surface area contributed by atoms with Crippen LogP contribution in [0.2, 0.25) is 0 Å². The lowest BCUT2D eigenvalue weighted by molar-refractivity contribution is -0.122. The minimum absolute atomic E-state index is 0.0682. The molecular weight excluding hydrogens is 304 g/mol. The molecule has 0 spiro atoms. The Labute approximate surface area is 141 Å². The molecule has 1 amide bonds. The Hall–Kier alpha value is -2.21. The number of aromatic amines is 1. The minimum Gasteiger partial charge on any atom is -0.352 e. The third kappa shape index (κ3) is 4.00. The van der Waals surface area contributed by atoms with Crippen molar-refractivity contribution in [2.75, 3.05) is 6.54 Å². The Balaban J connectivity index is 1.52. The first-order valence-corrected chi connectivity index (χ1v) is 8.64. The topological polar surface area (TPSA) is 86.9 Å². The Kier molecular flexibility index (Phi) is 5.25. The highest BCUT2D eigenvalue weighted by Crippen LogP contribution is 2.10. The largest absolute Gasteiger partial charge is 0.352 e. The molecular formula is C18H24N4O2. The second-order valence-corrected chi connectivity index (χ2v) is 6.44. The van der Waals surface area contributed by atoms with E-state index in [1.807, 2.05) is 18.2 Å². The summed E-state index contributed by atoms with van der Waals surface area (Å²) in [6.45, 7) is 3.13. The van der Waals surface area contributed by atoms with E-state index in [4.69, 9.17) is 0 Å². The number of amides is 1. The molecule has 1 aromatic heterocycles. The Morgan fingerprint density at radius 2 is 2.21 bits per heavy atom. The Morgan fingerprint density at radius 3 is 3.04 bits per heavy atom. The van der Waals surface area contributed by atoms with Crippen LogP contribution in [-0.4, -0.2) is 34.5 Å². The van der Waals surface area contributed by atoms with Crippen LogP contribution in [0.15, 0.2) is 29.1 Å². The number of carbonyl (C=O) groups excluding carboxylic acids is 1. The zero-order valence-electron chi connectivity index (χ0n) is 14.0. The normalized spacial score (nSPS) is 20.9. The summed E-state index contributed by atoms with van der Waals surface area (Å²) in [7, 11) is 0. The highest BCUT2D eigenvalue weighted by Gasteiger charge is 2.21. The molecule has 1 aliphatic heterocycles. The first kappa shape index (κ1) is 16.6. The maximum absolute atomic E-state index is 12.1. The first-order valence-electron chi connectivity index (χ1n) is 8.64. The van der Waals surface area contributed by atoms with E-state index in [9.17, 15) is 9.59 Å². The van der Waals surface area contributed by atoms with Gasteiger partial charge in [0.2, 0.25) is 5.91 Å². The minimum atomic E-state index is -0.123. The van der Waals surface area contributed by atoms with Crippen LogP contribution in [0.25, 0.3) is 10.9 Å². The zero-order chi connectivity index (χ0) is 16.9. The lowest BCUT2D eigenvalue weighted by Crippen LogP contribution is -2.51. The average molecular weight is 328 g/mol. The van der Waals surface area contributed by atoms with Crippen molar-refractivity contribution < 1.29 is 4.79 Å². The van der Waals surface area contributed by atoms with Gasteiger partial charge in [-0.1, -0.05) is 12.1 Å². The van der Waals surface area contributed by atoms with Crippen molar-refractivity contribution in [3.8, 4) is 0 Å². The van der Waals surface area contributed by atoms with Crippen LogP contribution in [0.3, 0.4) is 0 Å². The fourth-order valence-electron chi connectivity index (χ4n) is 3.19. The van der Waals surface area contributed by atoms with Gasteiger partial charge in [-0.3, -0.25) is 9.59 Å². The molecule has 0 bridgehead atoms. The van der Waals surface area contributed by atoms with E-state index in [-0.39, 0.29) is 17.5 Å². The van der Waals surface area contributed by atoms with Gasteiger partial charge in [-0.05, 0) is 44.9 Å². The number of aromatic nitrogens is 2. The number of benzene rings is 1. The quantitative estimate of drug-likeness (QED) is 0.776. The second kappa shape index (κ2) is 7.57. The van der Waals surface area contributed by atoms with Crippen molar-refractivity contribution in [2.24, 2.45) is 0 Å². The molecule has 1 aromatic carbocycles. The van der Waals surface area contributed by atoms with Gasteiger partial charge in [0, 0.05) is 24.9 Å². The third-order valence-corrected chi connectivity index (χ3v) is 4.59. The fraction of sp³-hybridized carbons (Fsp3) is 0.500. The molecule has 1 saturated heterocycles. The number of carbonyl (C=O) groups is 1. The summed E-state index contributed by atoms with van der Waals surface area (Å²) in [6, 6.07) is 7.82. The molecule has 2 aromatic rings. The van der Waals surface area contributed by atoms with Gasteiger partial charge in [0.15, 0.2) is 0 Å². The Bertz CT molecular complexity index is 771. The number of aryl methyl sites for hydroxylation is 1. The van der Waals surface area contributed by atoms with Gasteiger partial charge in [0.1, 0.15) is 5.82 Å². The lowest BCUT2D eigenvalue weighted by Gasteiger charge is -2.30. The van der Waals surface area contributed by atoms with Crippen LogP contribution >= 0.6 is 0 Å². The second-order valence-electron chi connectivity index (χ2n) is 6.44. The molecule has 6 nitrogen and oxygen atoms in total. The van der Waals surface area contributed by atoms with Crippen LogP contribution in [0.5, 0.6) is 0 Å². The highest BCUT2D eigenvalue weighted by atomic mass is 16.1. The van der Waals surface area contributed by atoms with Crippen molar-refractivity contribution in [1.82, 2.24) is 20.6 Å². The van der Waals surface area contributed by atoms with Gasteiger partial charge >= 0.3 is 0 Å².